The third-order valence-electron chi connectivity index (χ3n) is 16.6. The lowest BCUT2D eigenvalue weighted by Crippen LogP contribution is -2.62. The van der Waals surface area contributed by atoms with Crippen LogP contribution in [-0.4, -0.2) is 186 Å². The van der Waals surface area contributed by atoms with Crippen molar-refractivity contribution in [2.24, 2.45) is 28.1 Å². The summed E-state index contributed by atoms with van der Waals surface area (Å²) in [5.74, 6) is -7.86. The molecule has 93 heavy (non-hydrogen) atoms. The molecule has 29 nitrogen and oxygen atoms in total. The second-order valence-electron chi connectivity index (χ2n) is 23.8. The lowest BCUT2D eigenvalue weighted by molar-refractivity contribution is -0.150. The minimum atomic E-state index is -1.79. The molecule has 2 aliphatic rings. The fourth-order valence-corrected chi connectivity index (χ4v) is 11.8. The van der Waals surface area contributed by atoms with Gasteiger partial charge in [0.2, 0.25) is 59.1 Å². The van der Waals surface area contributed by atoms with Crippen LogP contribution in [-0.2, 0) is 73.6 Å². The second kappa shape index (κ2) is 32.1. The molecular weight excluding hydrogens is 1200 g/mol. The molecule has 0 unspecified atom stereocenters. The number of amides is 10. The number of aliphatic hydroxyl groups excluding tert-OH is 1. The van der Waals surface area contributed by atoms with Crippen LogP contribution in [0.2, 0.25) is 0 Å². The maximum absolute atomic E-state index is 15.4. The fourth-order valence-electron chi connectivity index (χ4n) is 11.8. The first kappa shape index (κ1) is 68.6. The average Bonchev–Trinajstić information content (AvgIpc) is 1.96. The average molecular weight is 1280 g/mol. The Morgan fingerprint density at radius 1 is 0.699 bits per heavy atom. The van der Waals surface area contributed by atoms with Gasteiger partial charge in [0.15, 0.2) is 5.96 Å². The molecule has 0 spiro atoms. The van der Waals surface area contributed by atoms with Crippen molar-refractivity contribution in [3.63, 3.8) is 0 Å². The van der Waals surface area contributed by atoms with E-state index in [1.54, 1.807) is 37.5 Å². The summed E-state index contributed by atoms with van der Waals surface area (Å²) >= 11 is 0. The summed E-state index contributed by atoms with van der Waals surface area (Å²) in [5.41, 5.74) is 20.6. The molecule has 2 aliphatic heterocycles. The maximum Gasteiger partial charge on any atom is 0.246 e. The van der Waals surface area contributed by atoms with Crippen LogP contribution in [0.1, 0.15) is 88.1 Å². The van der Waals surface area contributed by atoms with E-state index in [-0.39, 0.29) is 101 Å². The molecule has 0 saturated carbocycles. The summed E-state index contributed by atoms with van der Waals surface area (Å²) in [6.07, 6.45) is 6.85. The number of para-hydroxylation sites is 2. The number of rotatable bonds is 32. The number of phenolic OH excluding ortho intramolecular Hbond substituents is 1. The van der Waals surface area contributed by atoms with E-state index in [1.807, 2.05) is 44.2 Å². The van der Waals surface area contributed by atoms with Crippen LogP contribution in [0, 0.1) is 5.92 Å². The van der Waals surface area contributed by atoms with Gasteiger partial charge in [-0.2, -0.15) is 0 Å². The van der Waals surface area contributed by atoms with E-state index in [0.717, 1.165) is 10.9 Å². The minimum Gasteiger partial charge on any atom is -0.508 e. The van der Waals surface area contributed by atoms with E-state index in [1.165, 1.54) is 46.6 Å². The van der Waals surface area contributed by atoms with Gasteiger partial charge < -0.3 is 89.4 Å². The normalized spacial score (nSPS) is 16.8. The van der Waals surface area contributed by atoms with E-state index in [9.17, 15) is 43.8 Å². The number of aromatic nitrogens is 4. The Labute approximate surface area is 536 Å². The second-order valence-corrected chi connectivity index (χ2v) is 23.8. The molecule has 2 saturated heterocycles. The number of likely N-dealkylation sites (N-methyl/N-ethyl adjacent to an activating group) is 1. The number of H-pyrrole nitrogens is 3. The zero-order valence-corrected chi connectivity index (χ0v) is 52.1. The minimum absolute atomic E-state index is 0.00194. The van der Waals surface area contributed by atoms with Gasteiger partial charge in [-0.3, -0.25) is 52.9 Å². The first-order valence-corrected chi connectivity index (χ1v) is 31.1. The third-order valence-corrected chi connectivity index (χ3v) is 16.6. The molecule has 0 aliphatic carbocycles. The van der Waals surface area contributed by atoms with Gasteiger partial charge in [0, 0.05) is 97.8 Å². The zero-order chi connectivity index (χ0) is 66.9. The molecule has 9 atom stereocenters. The van der Waals surface area contributed by atoms with Crippen molar-refractivity contribution in [3.8, 4) is 5.75 Å². The number of carbonyl (C=O) groups is 10. The van der Waals surface area contributed by atoms with Crippen LogP contribution in [0.3, 0.4) is 0 Å². The van der Waals surface area contributed by atoms with Crippen LogP contribution in [0.15, 0.2) is 103 Å². The van der Waals surface area contributed by atoms with Crippen molar-refractivity contribution >= 4 is 86.8 Å². The summed E-state index contributed by atoms with van der Waals surface area (Å²) in [7, 11) is 0. The topological polar surface area (TPSA) is 453 Å². The lowest BCUT2D eigenvalue weighted by Gasteiger charge is -2.37. The van der Waals surface area contributed by atoms with E-state index in [4.69, 9.17) is 17.2 Å². The lowest BCUT2D eigenvalue weighted by atomic mass is 9.97. The van der Waals surface area contributed by atoms with E-state index in [0.29, 0.717) is 46.1 Å². The highest BCUT2D eigenvalue weighted by atomic mass is 16.3. The van der Waals surface area contributed by atoms with Gasteiger partial charge in [-0.1, -0.05) is 62.4 Å². The Bertz CT molecular complexity index is 3660. The van der Waals surface area contributed by atoms with Gasteiger partial charge >= 0.3 is 0 Å². The van der Waals surface area contributed by atoms with Crippen molar-refractivity contribution in [2.45, 2.75) is 146 Å². The van der Waals surface area contributed by atoms with Crippen LogP contribution >= 0.6 is 0 Å². The Morgan fingerprint density at radius 3 is 1.82 bits per heavy atom. The van der Waals surface area contributed by atoms with Gasteiger partial charge in [-0.25, -0.2) is 4.98 Å². The number of aliphatic imine (C=N–C) groups is 1. The van der Waals surface area contributed by atoms with E-state index >= 15 is 14.4 Å². The molecule has 5 heterocycles. The highest BCUT2D eigenvalue weighted by Gasteiger charge is 2.42. The highest BCUT2D eigenvalue weighted by Crippen LogP contribution is 2.26. The number of nitrogens with zero attached hydrogens (tertiary/aromatic N) is 4. The number of guanidine groups is 1. The SMILES string of the molecule is CCN(C(=O)[C@H](Cc1c[nH]c2ccccc12)NC(=O)[C@H](CCCN=C(N)N)NC(=O)[C@H](Cc1ccc(O)cc1)NC(=O)[C@H](CO)NC(=O)[C@H](Cc1c[nH]c2ccccc12)NC(=O)[C@H](Cc1cnc[nH]1)NC(=O)[C@@H]1CCC(=O)N1)[C@@H](CC(C)C)C(=O)N1CCC[C@H]1C(N)=O. The van der Waals surface area contributed by atoms with Crippen molar-refractivity contribution in [1.82, 2.24) is 67.0 Å². The number of nitrogens with one attached hydrogen (secondary N) is 10. The molecule has 18 N–H and O–H groups in total. The summed E-state index contributed by atoms with van der Waals surface area (Å²) < 4.78 is 0. The molecule has 6 aromatic rings. The first-order chi connectivity index (χ1) is 44.6. The van der Waals surface area contributed by atoms with Gasteiger partial charge in [0.1, 0.15) is 60.1 Å². The van der Waals surface area contributed by atoms with Gasteiger partial charge in [0.05, 0.1) is 12.9 Å². The van der Waals surface area contributed by atoms with Gasteiger partial charge in [-0.05, 0) is 92.3 Å². The number of fused-ring (bicyclic) bond motifs is 2. The monoisotopic (exact) mass is 1280 g/mol. The molecule has 2 fully saturated rings. The Balaban J connectivity index is 1.07. The van der Waals surface area contributed by atoms with Crippen molar-refractivity contribution in [3.05, 3.63) is 120 Å². The number of primary amides is 1. The summed E-state index contributed by atoms with van der Waals surface area (Å²) in [5, 5.41) is 41.4. The quantitative estimate of drug-likeness (QED) is 0.0141. The number of imidazole rings is 1. The van der Waals surface area contributed by atoms with Gasteiger partial charge in [-0.15, -0.1) is 0 Å². The number of phenols is 1. The van der Waals surface area contributed by atoms with Crippen LogP contribution in [0.25, 0.3) is 21.8 Å². The fraction of sp³-hybridized carbons (Fsp3) is 0.438. The highest BCUT2D eigenvalue weighted by molar-refractivity contribution is 6.00. The molecule has 0 radical (unpaired) electrons. The molecule has 3 aromatic heterocycles. The van der Waals surface area contributed by atoms with Crippen molar-refractivity contribution < 1.29 is 58.2 Å². The molecule has 10 amide bonds. The molecule has 3 aromatic carbocycles. The third kappa shape index (κ3) is 18.2. The van der Waals surface area contributed by atoms with Crippen molar-refractivity contribution in [1.29, 1.82) is 0 Å². The molecular formula is C64H83N17O12. The molecule has 8 rings (SSSR count). The first-order valence-electron chi connectivity index (χ1n) is 31.1. The van der Waals surface area contributed by atoms with Gasteiger partial charge in [0.25, 0.3) is 0 Å². The number of hydrogen-bond donors (Lipinski definition) is 15. The summed E-state index contributed by atoms with van der Waals surface area (Å²) in [6.45, 7) is 4.72. The summed E-state index contributed by atoms with van der Waals surface area (Å²) in [4.78, 5) is 162. The summed E-state index contributed by atoms with van der Waals surface area (Å²) in [6, 6.07) is 8.31. The number of nitrogens with two attached hydrogens (primary N) is 3. The Hall–Kier alpha value is -10.3. The number of aromatic hydroxyl groups is 1. The standard InChI is InChI=1S/C64H83N17O12/c1-4-80(53(25-35(2)3)63(93)81-24-10-16-52(81)55(65)85)62(92)50(28-38-31-71-44-14-8-6-12-42(38)44)78-56(86)45(15-9-23-69-64(66)67)74-58(88)47(26-36-17-19-40(83)20-18-36)75-61(91)51(33-82)79-59(89)48(27-37-30-70-43-13-7-5-11-41(37)43)76-60(90)49(29-39-32-68-34-72-39)77-57(87)46-21-22-54(84)73-46/h5-8,11-14,17-20,30-32,34-35,45-53,70-71,82-83H,4,9-10,15-16,21-29,33H2,1-3H3,(H2,65,85)(H,68,72)(H,73,84)(H,74,88)(H,75,91)(H,76,90)(H,77,87)(H,78,86)(H,79,89)(H4,66,67,69)/t45-,46-,47-,48-,49-,50-,51-,52-,53-/m0/s1. The van der Waals surface area contributed by atoms with Crippen LogP contribution in [0.4, 0.5) is 0 Å². The van der Waals surface area contributed by atoms with E-state index in [2.05, 4.69) is 62.1 Å². The van der Waals surface area contributed by atoms with Crippen LogP contribution in [0.5, 0.6) is 5.75 Å². The Kier molecular flexibility index (Phi) is 23.7. The molecule has 0 bridgehead atoms. The Morgan fingerprint density at radius 2 is 1.26 bits per heavy atom. The number of benzene rings is 3. The number of carbonyl (C=O) groups excluding carboxylic acids is 10. The molecule has 29 heteroatoms. The predicted molar refractivity (Wildman–Crippen MR) is 342 cm³/mol. The number of hydrogen-bond acceptors (Lipinski definition) is 14. The molecule has 496 valence electrons. The van der Waals surface area contributed by atoms with E-state index < -0.39 is 114 Å². The van der Waals surface area contributed by atoms with Crippen molar-refractivity contribution in [2.75, 3.05) is 26.2 Å². The zero-order valence-electron chi connectivity index (χ0n) is 52.1. The number of aromatic amines is 3. The number of aliphatic hydroxyl groups is 1. The maximum atomic E-state index is 15.4. The smallest absolute Gasteiger partial charge is 0.246 e. The number of likely N-dealkylation sites (tertiary alicyclic amines) is 1. The predicted octanol–water partition coefficient (Wildman–Crippen LogP) is -0.679. The largest absolute Gasteiger partial charge is 0.508 e. The van der Waals surface area contributed by atoms with Crippen LogP contribution < -0.4 is 54.4 Å².